The smallest absolute Gasteiger partial charge is 0.327 e. The number of aliphatic carboxylic acids is 1. The van der Waals surface area contributed by atoms with Crippen LogP contribution >= 0.6 is 0 Å². The first-order valence-corrected chi connectivity index (χ1v) is 7.47. The molecule has 21 heavy (non-hydrogen) atoms. The summed E-state index contributed by atoms with van der Waals surface area (Å²) in [6, 6.07) is 6.71. The molecule has 1 aliphatic heterocycles. The molecule has 0 bridgehead atoms. The van der Waals surface area contributed by atoms with E-state index >= 15 is 0 Å². The first-order chi connectivity index (χ1) is 10.1. The first kappa shape index (κ1) is 14.1. The molecular formula is C16H20N2O3. The van der Waals surface area contributed by atoms with Crippen LogP contribution in [-0.2, 0) is 16.0 Å². The molecule has 1 aromatic rings. The molecule has 1 fully saturated rings. The second-order valence-electron chi connectivity index (χ2n) is 6.02. The third-order valence-corrected chi connectivity index (χ3v) is 4.56. The van der Waals surface area contributed by atoms with Gasteiger partial charge in [0.2, 0.25) is 5.91 Å². The van der Waals surface area contributed by atoms with Gasteiger partial charge in [-0.15, -0.1) is 0 Å². The highest BCUT2D eigenvalue weighted by atomic mass is 16.4. The fraction of sp³-hybridized carbons (Fsp3) is 0.500. The lowest BCUT2D eigenvalue weighted by Crippen LogP contribution is -2.47. The highest BCUT2D eigenvalue weighted by molar-refractivity contribution is 6.03. The second-order valence-corrected chi connectivity index (χ2v) is 6.02. The van der Waals surface area contributed by atoms with Gasteiger partial charge in [0.25, 0.3) is 0 Å². The average Bonchev–Trinajstić information content (AvgIpc) is 2.86. The Kier molecular flexibility index (Phi) is 3.68. The van der Waals surface area contributed by atoms with E-state index in [9.17, 15) is 14.7 Å². The van der Waals surface area contributed by atoms with Crippen molar-refractivity contribution in [1.29, 1.82) is 0 Å². The molecule has 0 spiro atoms. The molecule has 3 atom stereocenters. The van der Waals surface area contributed by atoms with E-state index in [4.69, 9.17) is 5.73 Å². The fourth-order valence-electron chi connectivity index (χ4n) is 3.50. The number of carbonyl (C=O) groups is 2. The Labute approximate surface area is 123 Å². The van der Waals surface area contributed by atoms with E-state index in [0.29, 0.717) is 12.8 Å². The van der Waals surface area contributed by atoms with Gasteiger partial charge < -0.3 is 10.8 Å². The number of hydrogen-bond acceptors (Lipinski definition) is 3. The van der Waals surface area contributed by atoms with E-state index in [2.05, 4.69) is 0 Å². The molecule has 5 nitrogen and oxygen atoms in total. The average molecular weight is 288 g/mol. The summed E-state index contributed by atoms with van der Waals surface area (Å²) < 4.78 is 0. The molecule has 0 aromatic heterocycles. The Bertz CT molecular complexity index is 572. The van der Waals surface area contributed by atoms with Gasteiger partial charge in [-0.1, -0.05) is 24.6 Å². The lowest BCUT2D eigenvalue weighted by atomic mass is 9.85. The molecule has 0 saturated heterocycles. The predicted molar refractivity (Wildman–Crippen MR) is 79.0 cm³/mol. The van der Waals surface area contributed by atoms with E-state index in [1.807, 2.05) is 24.3 Å². The Morgan fingerprint density at radius 2 is 2.00 bits per heavy atom. The number of carboxylic acids is 1. The Morgan fingerprint density at radius 1 is 1.24 bits per heavy atom. The highest BCUT2D eigenvalue weighted by Crippen LogP contribution is 2.35. The van der Waals surface area contributed by atoms with Crippen LogP contribution in [0.5, 0.6) is 0 Å². The minimum Gasteiger partial charge on any atom is -0.480 e. The van der Waals surface area contributed by atoms with Gasteiger partial charge in [0, 0.05) is 24.1 Å². The minimum absolute atomic E-state index is 0.0498. The number of nitrogens with two attached hydrogens (primary N) is 1. The molecule has 0 radical (unpaired) electrons. The molecule has 112 valence electrons. The van der Waals surface area contributed by atoms with Crippen LogP contribution in [0.4, 0.5) is 5.69 Å². The molecule has 3 N–H and O–H groups in total. The molecule has 3 unspecified atom stereocenters. The van der Waals surface area contributed by atoms with E-state index < -0.39 is 12.0 Å². The molecule has 1 aliphatic carbocycles. The lowest BCUT2D eigenvalue weighted by molar-refractivity contribution is -0.140. The summed E-state index contributed by atoms with van der Waals surface area (Å²) >= 11 is 0. The molecular weight excluding hydrogens is 268 g/mol. The standard InChI is InChI=1S/C16H20N2O3/c17-12-6-3-5-11(8-12)15(19)18-13-7-2-1-4-10(13)9-14(18)16(20)21/h1-2,4,7,11-12,14H,3,5-6,8-9,17H2,(H,20,21). The van der Waals surface area contributed by atoms with Crippen molar-refractivity contribution < 1.29 is 14.7 Å². The van der Waals surface area contributed by atoms with E-state index in [1.54, 1.807) is 0 Å². The highest BCUT2D eigenvalue weighted by Gasteiger charge is 2.41. The van der Waals surface area contributed by atoms with Crippen molar-refractivity contribution in [2.75, 3.05) is 4.90 Å². The summed E-state index contributed by atoms with van der Waals surface area (Å²) in [6.07, 6.45) is 3.73. The lowest BCUT2D eigenvalue weighted by Gasteiger charge is -2.31. The van der Waals surface area contributed by atoms with Crippen molar-refractivity contribution in [3.63, 3.8) is 0 Å². The summed E-state index contributed by atoms with van der Waals surface area (Å²) in [5.74, 6) is -1.18. The molecule has 1 aromatic carbocycles. The summed E-state index contributed by atoms with van der Waals surface area (Å²) in [4.78, 5) is 25.8. The van der Waals surface area contributed by atoms with Gasteiger partial charge in [0.1, 0.15) is 6.04 Å². The predicted octanol–water partition coefficient (Wildman–Crippen LogP) is 1.55. The van der Waals surface area contributed by atoms with E-state index in [1.165, 1.54) is 4.90 Å². The number of carboxylic acid groups (broad SMARTS) is 1. The number of fused-ring (bicyclic) bond motifs is 1. The number of hydrogen-bond donors (Lipinski definition) is 2. The minimum atomic E-state index is -0.945. The summed E-state index contributed by atoms with van der Waals surface area (Å²) in [7, 11) is 0. The van der Waals surface area contributed by atoms with Gasteiger partial charge in [-0.2, -0.15) is 0 Å². The number of rotatable bonds is 2. The van der Waals surface area contributed by atoms with Crippen molar-refractivity contribution in [2.45, 2.75) is 44.2 Å². The maximum atomic E-state index is 12.8. The fourth-order valence-corrected chi connectivity index (χ4v) is 3.50. The Balaban J connectivity index is 1.90. The van der Waals surface area contributed by atoms with Crippen molar-refractivity contribution >= 4 is 17.6 Å². The number of nitrogens with zero attached hydrogens (tertiary/aromatic N) is 1. The number of para-hydroxylation sites is 1. The molecule has 5 heteroatoms. The van der Waals surface area contributed by atoms with Crippen molar-refractivity contribution in [2.24, 2.45) is 11.7 Å². The number of anilines is 1. The van der Waals surface area contributed by atoms with Crippen LogP contribution in [0.2, 0.25) is 0 Å². The van der Waals surface area contributed by atoms with Crippen LogP contribution in [0.25, 0.3) is 0 Å². The normalized spacial score (nSPS) is 28.2. The zero-order valence-electron chi connectivity index (χ0n) is 11.9. The van der Waals surface area contributed by atoms with Crippen LogP contribution in [0.3, 0.4) is 0 Å². The van der Waals surface area contributed by atoms with Gasteiger partial charge in [-0.05, 0) is 30.9 Å². The van der Waals surface area contributed by atoms with Crippen molar-refractivity contribution in [3.05, 3.63) is 29.8 Å². The maximum Gasteiger partial charge on any atom is 0.327 e. The molecule has 1 amide bonds. The van der Waals surface area contributed by atoms with Crippen LogP contribution in [0, 0.1) is 5.92 Å². The maximum absolute atomic E-state index is 12.8. The first-order valence-electron chi connectivity index (χ1n) is 7.47. The van der Waals surface area contributed by atoms with Gasteiger partial charge in [0.05, 0.1) is 0 Å². The van der Waals surface area contributed by atoms with Gasteiger partial charge >= 0.3 is 5.97 Å². The molecule has 2 aliphatic rings. The van der Waals surface area contributed by atoms with Crippen molar-refractivity contribution in [1.82, 2.24) is 0 Å². The Morgan fingerprint density at radius 3 is 2.71 bits per heavy atom. The number of carbonyl (C=O) groups excluding carboxylic acids is 1. The summed E-state index contributed by atoms with van der Waals surface area (Å²) in [6.45, 7) is 0. The molecule has 1 heterocycles. The van der Waals surface area contributed by atoms with Gasteiger partial charge in [-0.3, -0.25) is 9.69 Å². The summed E-state index contributed by atoms with van der Waals surface area (Å²) in [5.41, 5.74) is 7.64. The molecule has 1 saturated carbocycles. The van der Waals surface area contributed by atoms with Crippen LogP contribution in [0.15, 0.2) is 24.3 Å². The van der Waals surface area contributed by atoms with E-state index in [0.717, 1.165) is 30.5 Å². The third-order valence-electron chi connectivity index (χ3n) is 4.56. The molecule has 3 rings (SSSR count). The summed E-state index contributed by atoms with van der Waals surface area (Å²) in [5, 5.41) is 9.44. The zero-order valence-corrected chi connectivity index (χ0v) is 11.9. The number of benzene rings is 1. The number of amides is 1. The SMILES string of the molecule is NC1CCCC(C(=O)N2c3ccccc3CC2C(=O)O)C1. The van der Waals surface area contributed by atoms with Gasteiger partial charge in [-0.25, -0.2) is 4.79 Å². The van der Waals surface area contributed by atoms with Gasteiger partial charge in [0.15, 0.2) is 0 Å². The van der Waals surface area contributed by atoms with Crippen LogP contribution < -0.4 is 10.6 Å². The quantitative estimate of drug-likeness (QED) is 0.864. The largest absolute Gasteiger partial charge is 0.480 e. The van der Waals surface area contributed by atoms with Crippen molar-refractivity contribution in [3.8, 4) is 0 Å². The van der Waals surface area contributed by atoms with Crippen LogP contribution in [0.1, 0.15) is 31.2 Å². The second kappa shape index (κ2) is 5.48. The zero-order chi connectivity index (χ0) is 15.0. The monoisotopic (exact) mass is 288 g/mol. The Hall–Kier alpha value is -1.88. The van der Waals surface area contributed by atoms with E-state index in [-0.39, 0.29) is 17.9 Å². The third kappa shape index (κ3) is 2.53. The topological polar surface area (TPSA) is 83.6 Å². The van der Waals surface area contributed by atoms with Crippen LogP contribution in [-0.4, -0.2) is 29.1 Å².